The minimum absolute atomic E-state index is 0.0575. The Kier molecular flexibility index (Phi) is 6.55. The number of hydrogen-bond acceptors (Lipinski definition) is 1. The molecule has 0 unspecified atom stereocenters. The van der Waals surface area contributed by atoms with Gasteiger partial charge in [-0.25, -0.2) is 0 Å². The van der Waals surface area contributed by atoms with Gasteiger partial charge in [0, 0.05) is 22.5 Å². The normalized spacial score (nSPS) is 14.4. The van der Waals surface area contributed by atoms with Crippen molar-refractivity contribution in [1.29, 1.82) is 0 Å². The van der Waals surface area contributed by atoms with Crippen LogP contribution in [0.3, 0.4) is 0 Å². The largest absolute Gasteiger partial charge is 0.310 e. The summed E-state index contributed by atoms with van der Waals surface area (Å²) >= 11 is 0. The molecule has 0 spiro atoms. The van der Waals surface area contributed by atoms with Crippen LogP contribution in [-0.2, 0) is 10.8 Å². The Morgan fingerprint density at radius 2 is 0.884 bits per heavy atom. The molecule has 6 aromatic carbocycles. The highest BCUT2D eigenvalue weighted by molar-refractivity contribution is 5.88. The number of nitrogens with zero attached hydrogens (tertiary/aromatic N) is 1. The molecule has 210 valence electrons. The molecule has 7 rings (SSSR count). The monoisotopic (exact) mass is 555 g/mol. The highest BCUT2D eigenvalue weighted by Crippen LogP contribution is 2.56. The first-order valence-corrected chi connectivity index (χ1v) is 15.2. The molecule has 0 saturated heterocycles. The summed E-state index contributed by atoms with van der Waals surface area (Å²) in [6.07, 6.45) is 0. The lowest BCUT2D eigenvalue weighted by molar-refractivity contribution is 0.300. The summed E-state index contributed by atoms with van der Waals surface area (Å²) in [7, 11) is 0. The van der Waals surface area contributed by atoms with Crippen molar-refractivity contribution in [2.24, 2.45) is 0 Å². The van der Waals surface area contributed by atoms with Crippen molar-refractivity contribution < 1.29 is 0 Å². The Labute approximate surface area is 256 Å². The van der Waals surface area contributed by atoms with Gasteiger partial charge in [-0.2, -0.15) is 0 Å². The molecule has 0 N–H and O–H groups in total. The van der Waals surface area contributed by atoms with E-state index in [1.54, 1.807) is 0 Å². The summed E-state index contributed by atoms with van der Waals surface area (Å²) in [5.74, 6) is 0. The lowest BCUT2D eigenvalue weighted by atomic mass is 9.54. The van der Waals surface area contributed by atoms with E-state index in [1.807, 2.05) is 0 Å². The molecule has 1 aliphatic carbocycles. The second-order valence-corrected chi connectivity index (χ2v) is 12.7. The van der Waals surface area contributed by atoms with Crippen molar-refractivity contribution in [3.63, 3.8) is 0 Å². The van der Waals surface area contributed by atoms with Crippen LogP contribution in [-0.4, -0.2) is 0 Å². The molecular weight excluding hydrogens is 518 g/mol. The summed E-state index contributed by atoms with van der Waals surface area (Å²) in [4.78, 5) is 2.33. The number of fused-ring (bicyclic) bond motifs is 3. The third-order valence-electron chi connectivity index (χ3n) is 9.79. The van der Waals surface area contributed by atoms with E-state index in [2.05, 4.69) is 184 Å². The number of rotatable bonds is 5. The third-order valence-corrected chi connectivity index (χ3v) is 9.79. The minimum Gasteiger partial charge on any atom is -0.310 e. The molecule has 0 aliphatic heterocycles. The zero-order chi connectivity index (χ0) is 29.6. The van der Waals surface area contributed by atoms with E-state index >= 15 is 0 Å². The average Bonchev–Trinajstić information content (AvgIpc) is 3.05. The lowest BCUT2D eigenvalue weighted by Crippen LogP contribution is -2.44. The fourth-order valence-electron chi connectivity index (χ4n) is 6.88. The fourth-order valence-corrected chi connectivity index (χ4v) is 6.88. The van der Waals surface area contributed by atoms with Crippen molar-refractivity contribution in [2.45, 2.75) is 38.5 Å². The van der Waals surface area contributed by atoms with Gasteiger partial charge in [-0.1, -0.05) is 137 Å². The van der Waals surface area contributed by atoms with E-state index in [-0.39, 0.29) is 10.8 Å². The maximum absolute atomic E-state index is 2.43. The summed E-state index contributed by atoms with van der Waals surface area (Å²) < 4.78 is 0. The first-order valence-electron chi connectivity index (χ1n) is 15.2. The quantitative estimate of drug-likeness (QED) is 0.204. The summed E-state index contributed by atoms with van der Waals surface area (Å²) in [6, 6.07) is 55.0. The van der Waals surface area contributed by atoms with Crippen LogP contribution in [0, 0.1) is 0 Å². The predicted molar refractivity (Wildman–Crippen MR) is 183 cm³/mol. The smallest absolute Gasteiger partial charge is 0.0467 e. The molecule has 0 saturated carbocycles. The second-order valence-electron chi connectivity index (χ2n) is 12.7. The highest BCUT2D eigenvalue weighted by Gasteiger charge is 2.47. The van der Waals surface area contributed by atoms with Crippen molar-refractivity contribution in [3.05, 3.63) is 163 Å². The standard InChI is InChI=1S/C42H37N/c1-41(2)39-27-26-32(29-38(39)37-25-15-24-36(40(37)42(41,3)4)30-16-8-5-9-17-30)31-18-14-23-35(28-31)43(33-19-10-6-11-20-33)34-21-12-7-13-22-34/h5-29H,1-4H3. The van der Waals surface area contributed by atoms with E-state index in [0.717, 1.165) is 17.1 Å². The van der Waals surface area contributed by atoms with Gasteiger partial charge in [-0.3, -0.25) is 0 Å². The van der Waals surface area contributed by atoms with Gasteiger partial charge in [-0.05, 0) is 92.4 Å². The Morgan fingerprint density at radius 3 is 1.53 bits per heavy atom. The van der Waals surface area contributed by atoms with E-state index in [9.17, 15) is 0 Å². The number of benzene rings is 6. The van der Waals surface area contributed by atoms with Gasteiger partial charge in [0.25, 0.3) is 0 Å². The molecule has 0 bridgehead atoms. The van der Waals surface area contributed by atoms with E-state index in [0.29, 0.717) is 0 Å². The first kappa shape index (κ1) is 27.0. The van der Waals surface area contributed by atoms with Crippen LogP contribution in [0.2, 0.25) is 0 Å². The van der Waals surface area contributed by atoms with Crippen molar-refractivity contribution in [2.75, 3.05) is 4.90 Å². The Hall–Kier alpha value is -4.88. The van der Waals surface area contributed by atoms with Crippen LogP contribution in [0.15, 0.2) is 152 Å². The van der Waals surface area contributed by atoms with Crippen LogP contribution < -0.4 is 4.90 Å². The van der Waals surface area contributed by atoms with Gasteiger partial charge in [0.05, 0.1) is 0 Å². The summed E-state index contributed by atoms with van der Waals surface area (Å²) in [6.45, 7) is 9.66. The molecule has 6 aromatic rings. The minimum atomic E-state index is -0.0604. The second kappa shape index (κ2) is 10.4. The third kappa shape index (κ3) is 4.48. The maximum atomic E-state index is 2.43. The van der Waals surface area contributed by atoms with E-state index in [1.165, 1.54) is 44.5 Å². The Morgan fingerprint density at radius 1 is 0.372 bits per heavy atom. The van der Waals surface area contributed by atoms with Crippen LogP contribution in [0.5, 0.6) is 0 Å². The highest BCUT2D eigenvalue weighted by atomic mass is 15.1. The number of anilines is 3. The van der Waals surface area contributed by atoms with Gasteiger partial charge in [-0.15, -0.1) is 0 Å². The Bertz CT molecular complexity index is 1860. The Balaban J connectivity index is 1.39. The molecule has 0 amide bonds. The summed E-state index contributed by atoms with van der Waals surface area (Å²) in [5, 5.41) is 0. The van der Waals surface area contributed by atoms with Gasteiger partial charge in [0.2, 0.25) is 0 Å². The topological polar surface area (TPSA) is 3.24 Å². The molecule has 0 aromatic heterocycles. The van der Waals surface area contributed by atoms with Crippen molar-refractivity contribution in [1.82, 2.24) is 0 Å². The predicted octanol–water partition coefficient (Wildman–Crippen LogP) is 11.7. The molecular formula is C42H37N. The van der Waals surface area contributed by atoms with E-state index in [4.69, 9.17) is 0 Å². The van der Waals surface area contributed by atoms with Crippen LogP contribution >= 0.6 is 0 Å². The summed E-state index contributed by atoms with van der Waals surface area (Å²) in [5.41, 5.74) is 13.9. The fraction of sp³-hybridized carbons (Fsp3) is 0.143. The van der Waals surface area contributed by atoms with Crippen molar-refractivity contribution in [3.8, 4) is 33.4 Å². The SMILES string of the molecule is CC1(C)c2ccc(-c3cccc(N(c4ccccc4)c4ccccc4)c3)cc2-c2cccc(-c3ccccc3)c2C1(C)C. The van der Waals surface area contributed by atoms with Gasteiger partial charge < -0.3 is 4.90 Å². The molecule has 0 radical (unpaired) electrons. The molecule has 1 heteroatoms. The molecule has 1 aliphatic rings. The maximum Gasteiger partial charge on any atom is 0.0467 e. The van der Waals surface area contributed by atoms with Crippen molar-refractivity contribution >= 4 is 17.1 Å². The van der Waals surface area contributed by atoms with Crippen LogP contribution in [0.4, 0.5) is 17.1 Å². The van der Waals surface area contributed by atoms with Gasteiger partial charge in [0.15, 0.2) is 0 Å². The molecule has 1 nitrogen and oxygen atoms in total. The zero-order valence-corrected chi connectivity index (χ0v) is 25.4. The van der Waals surface area contributed by atoms with Crippen LogP contribution in [0.1, 0.15) is 38.8 Å². The first-order chi connectivity index (χ1) is 20.9. The number of para-hydroxylation sites is 2. The lowest BCUT2D eigenvalue weighted by Gasteiger charge is -2.49. The van der Waals surface area contributed by atoms with Gasteiger partial charge >= 0.3 is 0 Å². The average molecular weight is 556 g/mol. The molecule has 0 heterocycles. The molecule has 0 fully saturated rings. The zero-order valence-electron chi connectivity index (χ0n) is 25.4. The van der Waals surface area contributed by atoms with Gasteiger partial charge in [0.1, 0.15) is 0 Å². The van der Waals surface area contributed by atoms with E-state index < -0.39 is 0 Å². The van der Waals surface area contributed by atoms with Crippen LogP contribution in [0.25, 0.3) is 33.4 Å². The molecule has 43 heavy (non-hydrogen) atoms. The molecule has 0 atom stereocenters. The number of hydrogen-bond donors (Lipinski definition) is 0.